The van der Waals surface area contributed by atoms with Crippen LogP contribution in [0.4, 0.5) is 0 Å². The average Bonchev–Trinajstić information content (AvgIpc) is 3.18. The normalized spacial score (nSPS) is 14.7. The van der Waals surface area contributed by atoms with E-state index in [-0.39, 0.29) is 5.91 Å². The van der Waals surface area contributed by atoms with E-state index < -0.39 is 11.9 Å². The summed E-state index contributed by atoms with van der Waals surface area (Å²) in [6, 6.07) is 15.0. The molecule has 1 saturated heterocycles. The Morgan fingerprint density at radius 2 is 1.55 bits per heavy atom. The highest BCUT2D eigenvalue weighted by atomic mass is 35.5. The zero-order valence-corrected chi connectivity index (χ0v) is 18.8. The van der Waals surface area contributed by atoms with Gasteiger partial charge in [-0.2, -0.15) is 9.78 Å². The van der Waals surface area contributed by atoms with Crippen molar-refractivity contribution < 1.29 is 24.6 Å². The summed E-state index contributed by atoms with van der Waals surface area (Å²) in [6.45, 7) is 2.13. The van der Waals surface area contributed by atoms with Crippen molar-refractivity contribution in [1.82, 2.24) is 14.7 Å². The Morgan fingerprint density at radius 1 is 0.970 bits per heavy atom. The van der Waals surface area contributed by atoms with Gasteiger partial charge in [0.05, 0.1) is 11.2 Å². The lowest BCUT2D eigenvalue weighted by Gasteiger charge is -2.28. The van der Waals surface area contributed by atoms with Crippen LogP contribution in [0.3, 0.4) is 0 Å². The SMILES string of the molecule is CN1CCC(c2nn(C(=O)c3ccc(Cl)cc3)c3ccccc23)CC1.O=C(O)C=CC(=O)O. The van der Waals surface area contributed by atoms with Crippen molar-refractivity contribution in [3.05, 3.63) is 77.0 Å². The molecule has 1 aromatic heterocycles. The molecule has 0 bridgehead atoms. The summed E-state index contributed by atoms with van der Waals surface area (Å²) in [5, 5.41) is 22.1. The van der Waals surface area contributed by atoms with Crippen LogP contribution < -0.4 is 0 Å². The molecule has 3 aromatic rings. The van der Waals surface area contributed by atoms with Crippen LogP contribution in [0.2, 0.25) is 5.02 Å². The highest BCUT2D eigenvalue weighted by molar-refractivity contribution is 6.30. The summed E-state index contributed by atoms with van der Waals surface area (Å²) in [6.07, 6.45) is 3.27. The second-order valence-electron chi connectivity index (χ2n) is 7.71. The first-order chi connectivity index (χ1) is 15.8. The van der Waals surface area contributed by atoms with Crippen molar-refractivity contribution in [2.75, 3.05) is 20.1 Å². The highest BCUT2D eigenvalue weighted by Gasteiger charge is 2.25. The minimum atomic E-state index is -1.26. The molecule has 0 unspecified atom stereocenters. The number of carbonyl (C=O) groups excluding carboxylic acids is 1. The maximum absolute atomic E-state index is 13.0. The highest BCUT2D eigenvalue weighted by Crippen LogP contribution is 2.32. The third kappa shape index (κ3) is 6.27. The maximum Gasteiger partial charge on any atom is 0.328 e. The van der Waals surface area contributed by atoms with E-state index in [1.165, 1.54) is 0 Å². The van der Waals surface area contributed by atoms with Crippen LogP contribution >= 0.6 is 11.6 Å². The minimum Gasteiger partial charge on any atom is -0.478 e. The van der Waals surface area contributed by atoms with E-state index in [0.29, 0.717) is 28.7 Å². The molecular weight excluding hydrogens is 446 g/mol. The summed E-state index contributed by atoms with van der Waals surface area (Å²) in [5.41, 5.74) is 2.51. The van der Waals surface area contributed by atoms with Gasteiger partial charge in [-0.15, -0.1) is 0 Å². The van der Waals surface area contributed by atoms with Crippen molar-refractivity contribution in [2.45, 2.75) is 18.8 Å². The monoisotopic (exact) mass is 469 g/mol. The average molecular weight is 470 g/mol. The van der Waals surface area contributed by atoms with Crippen molar-refractivity contribution in [1.29, 1.82) is 0 Å². The molecule has 8 nitrogen and oxygen atoms in total. The van der Waals surface area contributed by atoms with Gasteiger partial charge in [-0.3, -0.25) is 4.79 Å². The van der Waals surface area contributed by atoms with E-state index in [9.17, 15) is 14.4 Å². The molecule has 2 aromatic carbocycles. The van der Waals surface area contributed by atoms with Crippen LogP contribution in [0, 0.1) is 0 Å². The molecule has 2 heterocycles. The number of fused-ring (bicyclic) bond motifs is 1. The first kappa shape index (κ1) is 24.2. The quantitative estimate of drug-likeness (QED) is 0.557. The number of carboxylic acid groups (broad SMARTS) is 2. The minimum absolute atomic E-state index is 0.118. The zero-order valence-electron chi connectivity index (χ0n) is 18.0. The van der Waals surface area contributed by atoms with Gasteiger partial charge in [0.25, 0.3) is 5.91 Å². The number of carbonyl (C=O) groups is 3. The van der Waals surface area contributed by atoms with Gasteiger partial charge in [0.2, 0.25) is 0 Å². The topological polar surface area (TPSA) is 113 Å². The van der Waals surface area contributed by atoms with E-state index in [1.54, 1.807) is 28.9 Å². The fraction of sp³-hybridized carbons (Fsp3) is 0.250. The predicted octanol–water partition coefficient (Wildman–Crippen LogP) is 3.90. The molecule has 4 rings (SSSR count). The summed E-state index contributed by atoms with van der Waals surface area (Å²) >= 11 is 5.94. The largest absolute Gasteiger partial charge is 0.478 e. The zero-order chi connectivity index (χ0) is 24.0. The molecule has 0 aliphatic carbocycles. The Labute approximate surface area is 195 Å². The van der Waals surface area contributed by atoms with E-state index in [0.717, 1.165) is 42.5 Å². The van der Waals surface area contributed by atoms with E-state index in [4.69, 9.17) is 26.9 Å². The molecule has 1 aliphatic heterocycles. The maximum atomic E-state index is 13.0. The van der Waals surface area contributed by atoms with Crippen LogP contribution in [0.25, 0.3) is 10.9 Å². The Hall–Kier alpha value is -3.49. The van der Waals surface area contributed by atoms with Gasteiger partial charge in [0.1, 0.15) is 0 Å². The Kier molecular flexibility index (Phi) is 7.97. The fourth-order valence-electron chi connectivity index (χ4n) is 3.69. The molecule has 0 atom stereocenters. The predicted molar refractivity (Wildman–Crippen MR) is 125 cm³/mol. The molecule has 1 fully saturated rings. The van der Waals surface area contributed by atoms with Gasteiger partial charge < -0.3 is 15.1 Å². The summed E-state index contributed by atoms with van der Waals surface area (Å²) in [5.74, 6) is -2.23. The number of hydrogen-bond acceptors (Lipinski definition) is 5. The summed E-state index contributed by atoms with van der Waals surface area (Å²) in [7, 11) is 2.15. The van der Waals surface area contributed by atoms with Gasteiger partial charge in [0.15, 0.2) is 0 Å². The van der Waals surface area contributed by atoms with Gasteiger partial charge in [-0.1, -0.05) is 29.8 Å². The Morgan fingerprint density at radius 3 is 2.12 bits per heavy atom. The third-order valence-electron chi connectivity index (χ3n) is 5.37. The van der Waals surface area contributed by atoms with E-state index in [2.05, 4.69) is 18.0 Å². The smallest absolute Gasteiger partial charge is 0.328 e. The molecule has 0 spiro atoms. The van der Waals surface area contributed by atoms with Crippen LogP contribution in [-0.2, 0) is 9.59 Å². The number of likely N-dealkylation sites (tertiary alicyclic amines) is 1. The van der Waals surface area contributed by atoms with Gasteiger partial charge in [0, 0.05) is 34.0 Å². The lowest BCUT2D eigenvalue weighted by Crippen LogP contribution is -2.29. The number of halogens is 1. The molecule has 2 N–H and O–H groups in total. The van der Waals surface area contributed by atoms with Gasteiger partial charge in [-0.25, -0.2) is 9.59 Å². The van der Waals surface area contributed by atoms with E-state index in [1.807, 2.05) is 18.2 Å². The number of aliphatic carboxylic acids is 2. The number of piperidine rings is 1. The number of benzene rings is 2. The standard InChI is InChI=1S/C20H20ClN3O.C4H4O4/c1-23-12-10-14(11-13-23)19-17-4-2-3-5-18(17)24(22-19)20(25)15-6-8-16(21)9-7-15;5-3(6)1-2-4(7)8/h2-9,14H,10-13H2,1H3;1-2H,(H,5,6)(H,7,8). The molecule has 33 heavy (non-hydrogen) atoms. The summed E-state index contributed by atoms with van der Waals surface area (Å²) < 4.78 is 1.55. The number of para-hydroxylation sites is 1. The van der Waals surface area contributed by atoms with Crippen molar-refractivity contribution >= 4 is 40.3 Å². The molecule has 1 aliphatic rings. The molecule has 9 heteroatoms. The number of nitrogens with zero attached hydrogens (tertiary/aromatic N) is 3. The lowest BCUT2D eigenvalue weighted by atomic mass is 9.92. The molecule has 0 amide bonds. The molecule has 0 radical (unpaired) electrons. The third-order valence-corrected chi connectivity index (χ3v) is 5.63. The van der Waals surface area contributed by atoms with E-state index >= 15 is 0 Å². The van der Waals surface area contributed by atoms with Crippen LogP contribution in [0.15, 0.2) is 60.7 Å². The Balaban J connectivity index is 0.000000331. The number of rotatable bonds is 4. The fourth-order valence-corrected chi connectivity index (χ4v) is 3.81. The van der Waals surface area contributed by atoms with Crippen LogP contribution in [0.1, 0.15) is 34.8 Å². The van der Waals surface area contributed by atoms with Crippen molar-refractivity contribution in [3.8, 4) is 0 Å². The van der Waals surface area contributed by atoms with Crippen LogP contribution in [-0.4, -0.2) is 62.9 Å². The van der Waals surface area contributed by atoms with Crippen molar-refractivity contribution in [3.63, 3.8) is 0 Å². The number of aromatic nitrogens is 2. The van der Waals surface area contributed by atoms with Crippen molar-refractivity contribution in [2.24, 2.45) is 0 Å². The van der Waals surface area contributed by atoms with Gasteiger partial charge >= 0.3 is 11.9 Å². The first-order valence-corrected chi connectivity index (χ1v) is 10.7. The number of hydrogen-bond donors (Lipinski definition) is 2. The number of carboxylic acids is 2. The summed E-state index contributed by atoms with van der Waals surface area (Å²) in [4.78, 5) is 34.4. The second kappa shape index (κ2) is 10.9. The lowest BCUT2D eigenvalue weighted by molar-refractivity contribution is -0.134. The molecule has 0 saturated carbocycles. The second-order valence-corrected chi connectivity index (χ2v) is 8.15. The molecule has 172 valence electrons. The van der Waals surface area contributed by atoms with Crippen LogP contribution in [0.5, 0.6) is 0 Å². The van der Waals surface area contributed by atoms with Gasteiger partial charge in [-0.05, 0) is 63.3 Å². The molecular formula is C24H24ClN3O5. The Bertz CT molecular complexity index is 1160. The first-order valence-electron chi connectivity index (χ1n) is 10.4.